The number of carbonyl (C=O) groups excluding carboxylic acids is 1. The van der Waals surface area contributed by atoms with E-state index in [1.165, 1.54) is 0 Å². The molecule has 9 heteroatoms. The van der Waals surface area contributed by atoms with Gasteiger partial charge in [0.25, 0.3) is 5.91 Å². The van der Waals surface area contributed by atoms with Crippen molar-refractivity contribution in [2.24, 2.45) is 0 Å². The first-order valence-electron chi connectivity index (χ1n) is 5.48. The summed E-state index contributed by atoms with van der Waals surface area (Å²) in [6.07, 6.45) is 0. The third kappa shape index (κ3) is 3.86. The predicted molar refractivity (Wildman–Crippen MR) is 82.9 cm³/mol. The maximum Gasteiger partial charge on any atom is 0.283 e. The summed E-state index contributed by atoms with van der Waals surface area (Å²) in [5, 5.41) is 7.49. The molecule has 0 aliphatic heterocycles. The van der Waals surface area contributed by atoms with Gasteiger partial charge in [0, 0.05) is 10.7 Å². The van der Waals surface area contributed by atoms with Crippen molar-refractivity contribution in [2.45, 2.75) is 6.92 Å². The van der Waals surface area contributed by atoms with E-state index in [9.17, 15) is 4.79 Å². The molecule has 0 saturated heterocycles. The van der Waals surface area contributed by atoms with Gasteiger partial charge in [0.2, 0.25) is 0 Å². The molecule has 1 amide bonds. The standard InChI is InChI=1S/C11H10ClN5OS2/c1-6-9(20-17-14-6)10(18)15-16-11(19)13-8-4-2-3-7(12)5-8/h2-5H,1H3,(H,15,18)(H2,13,16,19). The van der Waals surface area contributed by atoms with Gasteiger partial charge in [-0.3, -0.25) is 15.6 Å². The lowest BCUT2D eigenvalue weighted by Crippen LogP contribution is -2.43. The topological polar surface area (TPSA) is 78.9 Å². The zero-order chi connectivity index (χ0) is 14.5. The Kier molecular flexibility index (Phi) is 4.83. The Labute approximate surface area is 129 Å². The summed E-state index contributed by atoms with van der Waals surface area (Å²) in [5.41, 5.74) is 6.35. The predicted octanol–water partition coefficient (Wildman–Crippen LogP) is 2.13. The summed E-state index contributed by atoms with van der Waals surface area (Å²) in [6.45, 7) is 1.71. The normalized spacial score (nSPS) is 9.90. The summed E-state index contributed by atoms with van der Waals surface area (Å²) in [5.74, 6) is -0.340. The van der Waals surface area contributed by atoms with Crippen molar-refractivity contribution < 1.29 is 4.79 Å². The number of thiocarbonyl (C=S) groups is 1. The summed E-state index contributed by atoms with van der Waals surface area (Å²) in [4.78, 5) is 12.2. The molecular weight excluding hydrogens is 318 g/mol. The maximum atomic E-state index is 11.8. The fourth-order valence-electron chi connectivity index (χ4n) is 1.34. The Balaban J connectivity index is 1.87. The number of hydrogen-bond donors (Lipinski definition) is 3. The zero-order valence-corrected chi connectivity index (χ0v) is 12.7. The Hall–Kier alpha value is -1.77. The number of hydrogen-bond acceptors (Lipinski definition) is 5. The van der Waals surface area contributed by atoms with Gasteiger partial charge in [0.15, 0.2) is 5.11 Å². The molecule has 0 unspecified atom stereocenters. The largest absolute Gasteiger partial charge is 0.331 e. The lowest BCUT2D eigenvalue weighted by molar-refractivity contribution is 0.0947. The van der Waals surface area contributed by atoms with E-state index in [4.69, 9.17) is 23.8 Å². The highest BCUT2D eigenvalue weighted by atomic mass is 35.5. The van der Waals surface area contributed by atoms with E-state index in [1.807, 2.05) is 0 Å². The van der Waals surface area contributed by atoms with E-state index in [0.717, 1.165) is 17.2 Å². The highest BCUT2D eigenvalue weighted by Crippen LogP contribution is 2.14. The van der Waals surface area contributed by atoms with Crippen LogP contribution in [0.15, 0.2) is 24.3 Å². The van der Waals surface area contributed by atoms with Gasteiger partial charge in [-0.1, -0.05) is 22.2 Å². The van der Waals surface area contributed by atoms with Crippen LogP contribution in [0.25, 0.3) is 0 Å². The second kappa shape index (κ2) is 6.60. The van der Waals surface area contributed by atoms with Crippen molar-refractivity contribution in [1.82, 2.24) is 20.4 Å². The van der Waals surface area contributed by atoms with Gasteiger partial charge in [-0.25, -0.2) is 0 Å². The van der Waals surface area contributed by atoms with Crippen molar-refractivity contribution in [3.8, 4) is 0 Å². The average molecular weight is 328 g/mol. The van der Waals surface area contributed by atoms with Gasteiger partial charge in [-0.15, -0.1) is 5.10 Å². The van der Waals surface area contributed by atoms with Crippen LogP contribution in [0.1, 0.15) is 15.4 Å². The maximum absolute atomic E-state index is 11.8. The first-order valence-corrected chi connectivity index (χ1v) is 7.04. The average Bonchev–Trinajstić information content (AvgIpc) is 2.82. The van der Waals surface area contributed by atoms with Crippen LogP contribution in [0.4, 0.5) is 5.69 Å². The van der Waals surface area contributed by atoms with E-state index < -0.39 is 0 Å². The quantitative estimate of drug-likeness (QED) is 0.579. The molecule has 0 saturated carbocycles. The minimum Gasteiger partial charge on any atom is -0.331 e. The van der Waals surface area contributed by atoms with Gasteiger partial charge in [0.05, 0.1) is 5.69 Å². The molecule has 6 nitrogen and oxygen atoms in total. The van der Waals surface area contributed by atoms with Gasteiger partial charge >= 0.3 is 0 Å². The molecule has 0 atom stereocenters. The van der Waals surface area contributed by atoms with Crippen molar-refractivity contribution >= 4 is 52.1 Å². The van der Waals surface area contributed by atoms with Crippen LogP contribution < -0.4 is 16.2 Å². The third-order valence-electron chi connectivity index (χ3n) is 2.23. The van der Waals surface area contributed by atoms with E-state index in [2.05, 4.69) is 25.8 Å². The molecule has 0 spiro atoms. The first kappa shape index (κ1) is 14.6. The fourth-order valence-corrected chi connectivity index (χ4v) is 2.25. The van der Waals surface area contributed by atoms with E-state index in [0.29, 0.717) is 15.6 Å². The lowest BCUT2D eigenvalue weighted by Gasteiger charge is -2.11. The van der Waals surface area contributed by atoms with Crippen LogP contribution in [0, 0.1) is 6.92 Å². The van der Waals surface area contributed by atoms with Crippen molar-refractivity contribution in [3.63, 3.8) is 0 Å². The van der Waals surface area contributed by atoms with Crippen LogP contribution in [0.2, 0.25) is 5.02 Å². The molecule has 1 heterocycles. The molecule has 1 aromatic heterocycles. The van der Waals surface area contributed by atoms with Crippen LogP contribution in [-0.2, 0) is 0 Å². The van der Waals surface area contributed by atoms with Gasteiger partial charge in [-0.2, -0.15) is 0 Å². The van der Waals surface area contributed by atoms with Gasteiger partial charge < -0.3 is 5.32 Å². The molecule has 0 radical (unpaired) electrons. The number of anilines is 1. The molecule has 0 fully saturated rings. The minimum absolute atomic E-state index is 0.246. The van der Waals surface area contributed by atoms with Crippen LogP contribution >= 0.6 is 35.4 Å². The fraction of sp³-hybridized carbons (Fsp3) is 0.0909. The molecule has 2 aromatic rings. The molecule has 0 aliphatic rings. The summed E-state index contributed by atoms with van der Waals surface area (Å²) >= 11 is 11.9. The number of benzene rings is 1. The minimum atomic E-state index is -0.340. The Morgan fingerprint density at radius 1 is 1.40 bits per heavy atom. The summed E-state index contributed by atoms with van der Waals surface area (Å²) < 4.78 is 3.69. The van der Waals surface area contributed by atoms with Gasteiger partial charge in [-0.05, 0) is 48.9 Å². The Morgan fingerprint density at radius 3 is 2.85 bits per heavy atom. The molecule has 1 aromatic carbocycles. The molecule has 0 bridgehead atoms. The molecular formula is C11H10ClN5OS2. The number of halogens is 1. The second-order valence-corrected chi connectivity index (χ2v) is 5.33. The van der Waals surface area contributed by atoms with Crippen molar-refractivity contribution in [1.29, 1.82) is 0 Å². The number of amides is 1. The zero-order valence-electron chi connectivity index (χ0n) is 10.3. The third-order valence-corrected chi connectivity index (χ3v) is 3.50. The molecule has 3 N–H and O–H groups in total. The van der Waals surface area contributed by atoms with Crippen LogP contribution in [-0.4, -0.2) is 20.6 Å². The SMILES string of the molecule is Cc1nnsc1C(=O)NNC(=S)Nc1cccc(Cl)c1. The number of nitrogens with zero attached hydrogens (tertiary/aromatic N) is 2. The molecule has 20 heavy (non-hydrogen) atoms. The highest BCUT2D eigenvalue weighted by molar-refractivity contribution is 7.80. The number of aromatic nitrogens is 2. The molecule has 2 rings (SSSR count). The van der Waals surface area contributed by atoms with Crippen LogP contribution in [0.5, 0.6) is 0 Å². The number of carbonyl (C=O) groups is 1. The van der Waals surface area contributed by atoms with E-state index in [1.54, 1.807) is 31.2 Å². The Morgan fingerprint density at radius 2 is 2.20 bits per heavy atom. The van der Waals surface area contributed by atoms with E-state index in [-0.39, 0.29) is 11.0 Å². The number of aryl methyl sites for hydroxylation is 1. The van der Waals surface area contributed by atoms with Crippen LogP contribution in [0.3, 0.4) is 0 Å². The number of rotatable bonds is 2. The van der Waals surface area contributed by atoms with Crippen molar-refractivity contribution in [3.05, 3.63) is 39.9 Å². The molecule has 104 valence electrons. The Bertz CT molecular complexity index is 645. The first-order chi connectivity index (χ1) is 9.56. The number of nitrogens with one attached hydrogen (secondary N) is 3. The second-order valence-electron chi connectivity index (χ2n) is 3.73. The highest BCUT2D eigenvalue weighted by Gasteiger charge is 2.12. The number of hydrazine groups is 1. The lowest BCUT2D eigenvalue weighted by atomic mass is 10.3. The smallest absolute Gasteiger partial charge is 0.283 e. The summed E-state index contributed by atoms with van der Waals surface area (Å²) in [6, 6.07) is 7.07. The monoisotopic (exact) mass is 327 g/mol. The summed E-state index contributed by atoms with van der Waals surface area (Å²) in [7, 11) is 0. The molecule has 0 aliphatic carbocycles. The van der Waals surface area contributed by atoms with Crippen molar-refractivity contribution in [2.75, 3.05) is 5.32 Å². The van der Waals surface area contributed by atoms with Gasteiger partial charge in [0.1, 0.15) is 4.88 Å². The van der Waals surface area contributed by atoms with E-state index >= 15 is 0 Å².